The Morgan fingerprint density at radius 3 is 2.32 bits per heavy atom. The van der Waals surface area contributed by atoms with Crippen LogP contribution in [0.2, 0.25) is 0 Å². The fourth-order valence-corrected chi connectivity index (χ4v) is 1.82. The van der Waals surface area contributed by atoms with Crippen LogP contribution in [0.1, 0.15) is 26.3 Å². The van der Waals surface area contributed by atoms with E-state index in [-0.39, 0.29) is 5.56 Å². The Hall–Kier alpha value is -1.40. The molecule has 1 aromatic rings. The minimum Gasteiger partial charge on any atom is -0.479 e. The Kier molecular flexibility index (Phi) is 4.37. The summed E-state index contributed by atoms with van der Waals surface area (Å²) in [6.45, 7) is 4.94. The van der Waals surface area contributed by atoms with Crippen LogP contribution in [0.15, 0.2) is 28.7 Å². The summed E-state index contributed by atoms with van der Waals surface area (Å²) in [7, 11) is 0. The van der Waals surface area contributed by atoms with Crippen LogP contribution in [-0.2, 0) is 19.9 Å². The molecule has 1 aromatic carbocycles. The van der Waals surface area contributed by atoms with E-state index in [1.54, 1.807) is 32.9 Å². The van der Waals surface area contributed by atoms with Gasteiger partial charge in [0.2, 0.25) is 5.54 Å². The third kappa shape index (κ3) is 3.54. The maximum atomic E-state index is 12.1. The number of benzene rings is 1. The van der Waals surface area contributed by atoms with Crippen molar-refractivity contribution in [3.8, 4) is 0 Å². The van der Waals surface area contributed by atoms with E-state index in [1.165, 1.54) is 12.1 Å². The normalized spacial score (nSPS) is 14.6. The lowest BCUT2D eigenvalue weighted by Crippen LogP contribution is -2.54. The number of esters is 1. The molecule has 0 aliphatic carbocycles. The fraction of sp³-hybridized carbons (Fsp3) is 0.385. The largest absolute Gasteiger partial charge is 0.479 e. The highest BCUT2D eigenvalue weighted by molar-refractivity contribution is 9.10. The number of carboxylic acid groups (broad SMARTS) is 1. The van der Waals surface area contributed by atoms with Crippen molar-refractivity contribution in [3.05, 3.63) is 34.3 Å². The van der Waals surface area contributed by atoms with E-state index in [1.807, 2.05) is 0 Å². The summed E-state index contributed by atoms with van der Waals surface area (Å²) in [5.41, 5.74) is 2.90. The van der Waals surface area contributed by atoms with Gasteiger partial charge in [-0.25, -0.2) is 9.59 Å². The molecule has 6 heteroatoms. The second-order valence-electron chi connectivity index (χ2n) is 5.13. The van der Waals surface area contributed by atoms with E-state index < -0.39 is 23.1 Å². The molecule has 0 unspecified atom stereocenters. The van der Waals surface area contributed by atoms with Crippen molar-refractivity contribution in [1.29, 1.82) is 0 Å². The van der Waals surface area contributed by atoms with Crippen molar-refractivity contribution in [2.45, 2.75) is 31.9 Å². The zero-order valence-electron chi connectivity index (χ0n) is 10.9. The van der Waals surface area contributed by atoms with Crippen LogP contribution in [0.4, 0.5) is 0 Å². The molecule has 0 amide bonds. The molecule has 5 nitrogen and oxygen atoms in total. The molecule has 1 rings (SSSR count). The van der Waals surface area contributed by atoms with E-state index in [2.05, 4.69) is 15.9 Å². The van der Waals surface area contributed by atoms with E-state index in [0.717, 1.165) is 0 Å². The first-order chi connectivity index (χ1) is 8.57. The molecule has 1 atom stereocenters. The molecule has 0 radical (unpaired) electrons. The molecule has 0 heterocycles. The molecule has 0 fully saturated rings. The van der Waals surface area contributed by atoms with Gasteiger partial charge in [-0.15, -0.1) is 0 Å². The van der Waals surface area contributed by atoms with Gasteiger partial charge in [0.05, 0.1) is 0 Å². The third-order valence-electron chi connectivity index (χ3n) is 2.34. The highest BCUT2D eigenvalue weighted by Gasteiger charge is 2.47. The predicted molar refractivity (Wildman–Crippen MR) is 73.5 cm³/mol. The number of aliphatic carboxylic acids is 1. The lowest BCUT2D eigenvalue weighted by molar-refractivity contribution is -0.169. The van der Waals surface area contributed by atoms with E-state index >= 15 is 0 Å². The van der Waals surface area contributed by atoms with Crippen LogP contribution in [-0.4, -0.2) is 22.6 Å². The first-order valence-corrected chi connectivity index (χ1v) is 6.38. The molecular weight excluding hydrogens is 314 g/mol. The number of ether oxygens (including phenoxy) is 1. The van der Waals surface area contributed by atoms with Gasteiger partial charge in [-0.1, -0.05) is 28.1 Å². The summed E-state index contributed by atoms with van der Waals surface area (Å²) in [6.07, 6.45) is 0. The van der Waals surface area contributed by atoms with Crippen molar-refractivity contribution in [1.82, 2.24) is 0 Å². The summed E-state index contributed by atoms with van der Waals surface area (Å²) in [4.78, 5) is 23.5. The summed E-state index contributed by atoms with van der Waals surface area (Å²) in [5.74, 6) is -2.45. The van der Waals surface area contributed by atoms with Gasteiger partial charge in [0.1, 0.15) is 5.60 Å². The van der Waals surface area contributed by atoms with Crippen molar-refractivity contribution in [2.75, 3.05) is 0 Å². The maximum Gasteiger partial charge on any atom is 0.343 e. The second kappa shape index (κ2) is 5.30. The number of carbonyl (C=O) groups excluding carboxylic acids is 1. The molecule has 0 saturated carbocycles. The molecule has 0 spiro atoms. The van der Waals surface area contributed by atoms with Crippen LogP contribution in [0, 0.1) is 0 Å². The lowest BCUT2D eigenvalue weighted by Gasteiger charge is -2.28. The quantitative estimate of drug-likeness (QED) is 0.654. The maximum absolute atomic E-state index is 12.1. The standard InChI is InChI=1S/C13H16BrNO4/c1-12(2,3)19-11(18)13(15,10(16)17)8-5-4-6-9(14)7-8/h4-7H,15H2,1-3H3,(H,16,17)/t13-/m1/s1. The zero-order valence-corrected chi connectivity index (χ0v) is 12.5. The smallest absolute Gasteiger partial charge is 0.343 e. The Labute approximate surface area is 119 Å². The number of halogens is 1. The Bertz CT molecular complexity index is 510. The SMILES string of the molecule is CC(C)(C)OC(=O)[C@](N)(C(=O)O)c1cccc(Br)c1. The first-order valence-electron chi connectivity index (χ1n) is 5.59. The predicted octanol–water partition coefficient (Wildman–Crippen LogP) is 2.03. The van der Waals surface area contributed by atoms with E-state index in [4.69, 9.17) is 10.5 Å². The molecule has 0 aromatic heterocycles. The zero-order chi connectivity index (χ0) is 14.8. The van der Waals surface area contributed by atoms with Gasteiger partial charge >= 0.3 is 11.9 Å². The van der Waals surface area contributed by atoms with Crippen LogP contribution in [0.25, 0.3) is 0 Å². The number of carbonyl (C=O) groups is 2. The number of nitrogens with two attached hydrogens (primary N) is 1. The molecule has 19 heavy (non-hydrogen) atoms. The minimum absolute atomic E-state index is 0.156. The van der Waals surface area contributed by atoms with Gasteiger partial charge in [0.15, 0.2) is 0 Å². The van der Waals surface area contributed by atoms with Crippen LogP contribution >= 0.6 is 15.9 Å². The van der Waals surface area contributed by atoms with Crippen molar-refractivity contribution < 1.29 is 19.4 Å². The van der Waals surface area contributed by atoms with Crippen LogP contribution < -0.4 is 5.73 Å². The summed E-state index contributed by atoms with van der Waals surface area (Å²) < 4.78 is 5.73. The van der Waals surface area contributed by atoms with Crippen molar-refractivity contribution in [3.63, 3.8) is 0 Å². The summed E-state index contributed by atoms with van der Waals surface area (Å²) in [5, 5.41) is 9.30. The van der Waals surface area contributed by atoms with Crippen molar-refractivity contribution in [2.24, 2.45) is 5.73 Å². The highest BCUT2D eigenvalue weighted by Crippen LogP contribution is 2.25. The topological polar surface area (TPSA) is 89.6 Å². The molecular formula is C13H16BrNO4. The highest BCUT2D eigenvalue weighted by atomic mass is 79.9. The van der Waals surface area contributed by atoms with E-state index in [0.29, 0.717) is 4.47 Å². The Morgan fingerprint density at radius 2 is 1.89 bits per heavy atom. The first kappa shape index (κ1) is 15.7. The third-order valence-corrected chi connectivity index (χ3v) is 2.83. The van der Waals surface area contributed by atoms with E-state index in [9.17, 15) is 14.7 Å². The molecule has 0 aliphatic rings. The average molecular weight is 330 g/mol. The molecule has 0 bridgehead atoms. The van der Waals surface area contributed by atoms with Gasteiger partial charge in [-0.3, -0.25) is 0 Å². The number of rotatable bonds is 3. The Morgan fingerprint density at radius 1 is 1.32 bits per heavy atom. The second-order valence-corrected chi connectivity index (χ2v) is 6.04. The molecule has 104 valence electrons. The minimum atomic E-state index is -2.23. The van der Waals surface area contributed by atoms with Crippen molar-refractivity contribution >= 4 is 27.9 Å². The number of hydrogen-bond acceptors (Lipinski definition) is 4. The summed E-state index contributed by atoms with van der Waals surface area (Å²) >= 11 is 3.21. The van der Waals surface area contributed by atoms with Gasteiger partial charge in [0.25, 0.3) is 0 Å². The molecule has 0 aliphatic heterocycles. The fourth-order valence-electron chi connectivity index (χ4n) is 1.42. The van der Waals surface area contributed by atoms with Crippen LogP contribution in [0.3, 0.4) is 0 Å². The van der Waals surface area contributed by atoms with Gasteiger partial charge in [-0.05, 0) is 38.5 Å². The van der Waals surface area contributed by atoms with Gasteiger partial charge in [0, 0.05) is 4.47 Å². The molecule has 0 saturated heterocycles. The molecule has 3 N–H and O–H groups in total. The Balaban J connectivity index is 3.25. The lowest BCUT2D eigenvalue weighted by atomic mass is 9.91. The monoisotopic (exact) mass is 329 g/mol. The summed E-state index contributed by atoms with van der Waals surface area (Å²) in [6, 6.07) is 6.27. The van der Waals surface area contributed by atoms with Gasteiger partial charge < -0.3 is 15.6 Å². The van der Waals surface area contributed by atoms with Crippen LogP contribution in [0.5, 0.6) is 0 Å². The number of carboxylic acids is 1. The van der Waals surface area contributed by atoms with Gasteiger partial charge in [-0.2, -0.15) is 0 Å². The number of hydrogen-bond donors (Lipinski definition) is 2. The average Bonchev–Trinajstić information content (AvgIpc) is 2.25.